The van der Waals surface area contributed by atoms with E-state index in [0.717, 1.165) is 23.9 Å². The summed E-state index contributed by atoms with van der Waals surface area (Å²) in [5, 5.41) is -0.613. The van der Waals surface area contributed by atoms with Crippen LogP contribution < -0.4 is 4.90 Å². The number of aliphatic imine (C=N–C) groups is 1. The van der Waals surface area contributed by atoms with E-state index in [4.69, 9.17) is 11.6 Å². The summed E-state index contributed by atoms with van der Waals surface area (Å²) >= 11 is 6.77. The fourth-order valence-corrected chi connectivity index (χ4v) is 7.09. The van der Waals surface area contributed by atoms with Gasteiger partial charge in [-0.3, -0.25) is 4.79 Å². The third-order valence-corrected chi connectivity index (χ3v) is 7.66. The molecule has 0 aliphatic carbocycles. The lowest BCUT2D eigenvalue weighted by molar-refractivity contribution is -0.137. The number of rotatable bonds is 2. The summed E-state index contributed by atoms with van der Waals surface area (Å²) in [6.07, 6.45) is -4.52. The lowest BCUT2D eigenvalue weighted by Crippen LogP contribution is -2.37. The molecule has 2 aliphatic heterocycles. The van der Waals surface area contributed by atoms with Crippen LogP contribution in [0.25, 0.3) is 0 Å². The first-order valence-electron chi connectivity index (χ1n) is 7.66. The average molecular weight is 427 g/mol. The summed E-state index contributed by atoms with van der Waals surface area (Å²) in [5.41, 5.74) is -0.909. The number of halogens is 4. The minimum atomic E-state index is -4.66. The molecule has 2 heterocycles. The number of thioether (sulfide) groups is 1. The highest BCUT2D eigenvalue weighted by Gasteiger charge is 2.49. The van der Waals surface area contributed by atoms with Gasteiger partial charge in [0.2, 0.25) is 5.91 Å². The standard InChI is InChI=1S/C15H14ClF3N2O3S2/c1-2-13(22)20-14-21(11-6-26(23,24)7-12(11)25-14)8-3-4-10(16)9(5-8)15(17,18)19/h3-5,11-12H,2,6-7H2,1H3/t11-,12-/m1/s1. The van der Waals surface area contributed by atoms with Crippen LogP contribution in [0.3, 0.4) is 0 Å². The van der Waals surface area contributed by atoms with Crippen molar-refractivity contribution >= 4 is 50.0 Å². The Balaban J connectivity index is 2.09. The Bertz CT molecular complexity index is 887. The van der Waals surface area contributed by atoms with Gasteiger partial charge in [-0.15, -0.1) is 0 Å². The second kappa shape index (κ2) is 6.72. The number of nitrogens with zero attached hydrogens (tertiary/aromatic N) is 2. The van der Waals surface area contributed by atoms with Crippen LogP contribution >= 0.6 is 23.4 Å². The van der Waals surface area contributed by atoms with Gasteiger partial charge in [-0.05, 0) is 18.2 Å². The number of hydrogen-bond acceptors (Lipinski definition) is 4. The largest absolute Gasteiger partial charge is 0.417 e. The van der Waals surface area contributed by atoms with E-state index in [1.165, 1.54) is 11.0 Å². The summed E-state index contributed by atoms with van der Waals surface area (Å²) in [6.45, 7) is 1.62. The Morgan fingerprint density at radius 3 is 2.69 bits per heavy atom. The summed E-state index contributed by atoms with van der Waals surface area (Å²) in [4.78, 5) is 17.1. The molecule has 11 heteroatoms. The third kappa shape index (κ3) is 3.72. The number of alkyl halides is 3. The number of amidine groups is 1. The van der Waals surface area contributed by atoms with Crippen molar-refractivity contribution in [2.45, 2.75) is 30.8 Å². The van der Waals surface area contributed by atoms with E-state index in [2.05, 4.69) is 4.99 Å². The Morgan fingerprint density at radius 1 is 1.38 bits per heavy atom. The molecule has 26 heavy (non-hydrogen) atoms. The van der Waals surface area contributed by atoms with Crippen LogP contribution in [-0.2, 0) is 20.8 Å². The van der Waals surface area contributed by atoms with Gasteiger partial charge in [0.05, 0.1) is 28.1 Å². The summed E-state index contributed by atoms with van der Waals surface area (Å²) in [7, 11) is -3.30. The first-order chi connectivity index (χ1) is 12.0. The molecule has 0 saturated carbocycles. The maximum Gasteiger partial charge on any atom is 0.417 e. The fourth-order valence-electron chi connectivity index (χ4n) is 2.93. The Labute approximate surface area is 157 Å². The second-order valence-electron chi connectivity index (χ2n) is 5.97. The molecule has 0 unspecified atom stereocenters. The molecule has 1 aromatic carbocycles. The Morgan fingerprint density at radius 2 is 2.08 bits per heavy atom. The highest BCUT2D eigenvalue weighted by molar-refractivity contribution is 8.16. The van der Waals surface area contributed by atoms with Gasteiger partial charge in [0.15, 0.2) is 15.0 Å². The maximum atomic E-state index is 13.2. The van der Waals surface area contributed by atoms with Crippen LogP contribution in [0.5, 0.6) is 0 Å². The smallest absolute Gasteiger partial charge is 0.316 e. The van der Waals surface area contributed by atoms with Crippen molar-refractivity contribution in [3.8, 4) is 0 Å². The van der Waals surface area contributed by atoms with E-state index in [0.29, 0.717) is 0 Å². The molecule has 0 radical (unpaired) electrons. The zero-order chi connectivity index (χ0) is 19.3. The summed E-state index contributed by atoms with van der Waals surface area (Å²) in [6, 6.07) is 2.77. The number of sulfone groups is 1. The van der Waals surface area contributed by atoms with E-state index >= 15 is 0 Å². The van der Waals surface area contributed by atoms with Crippen LogP contribution in [0.4, 0.5) is 18.9 Å². The van der Waals surface area contributed by atoms with Gasteiger partial charge < -0.3 is 4.90 Å². The highest BCUT2D eigenvalue weighted by Crippen LogP contribution is 2.43. The molecule has 2 atom stereocenters. The van der Waals surface area contributed by atoms with Gasteiger partial charge in [0, 0.05) is 17.4 Å². The monoisotopic (exact) mass is 426 g/mol. The number of hydrogen-bond donors (Lipinski definition) is 0. The quantitative estimate of drug-likeness (QED) is 0.725. The summed E-state index contributed by atoms with van der Waals surface area (Å²) < 4.78 is 63.4. The summed E-state index contributed by atoms with van der Waals surface area (Å²) in [5.74, 6) is -0.725. The van der Waals surface area contributed by atoms with E-state index in [-0.39, 0.29) is 34.0 Å². The second-order valence-corrected chi connectivity index (χ2v) is 9.74. The van der Waals surface area contributed by atoms with Gasteiger partial charge in [0.1, 0.15) is 0 Å². The van der Waals surface area contributed by atoms with Gasteiger partial charge >= 0.3 is 6.18 Å². The predicted molar refractivity (Wildman–Crippen MR) is 95.5 cm³/mol. The van der Waals surface area contributed by atoms with Crippen molar-refractivity contribution in [1.82, 2.24) is 0 Å². The van der Waals surface area contributed by atoms with Crippen LogP contribution in [0.15, 0.2) is 23.2 Å². The number of benzene rings is 1. The van der Waals surface area contributed by atoms with E-state index in [9.17, 15) is 26.4 Å². The lowest BCUT2D eigenvalue weighted by Gasteiger charge is -2.25. The first kappa shape index (κ1) is 19.5. The lowest BCUT2D eigenvalue weighted by atomic mass is 10.1. The molecule has 0 aromatic heterocycles. The van der Waals surface area contributed by atoms with Gasteiger partial charge in [-0.1, -0.05) is 30.3 Å². The molecule has 2 saturated heterocycles. The molecular weight excluding hydrogens is 413 g/mol. The van der Waals surface area contributed by atoms with Crippen molar-refractivity contribution in [2.24, 2.45) is 4.99 Å². The topological polar surface area (TPSA) is 66.8 Å². The zero-order valence-electron chi connectivity index (χ0n) is 13.5. The van der Waals surface area contributed by atoms with Crippen molar-refractivity contribution in [2.75, 3.05) is 16.4 Å². The fraction of sp³-hybridized carbons (Fsp3) is 0.467. The van der Waals surface area contributed by atoms with Gasteiger partial charge in [-0.25, -0.2) is 8.42 Å². The van der Waals surface area contributed by atoms with Crippen LogP contribution in [0.2, 0.25) is 5.02 Å². The molecule has 0 spiro atoms. The van der Waals surface area contributed by atoms with Crippen LogP contribution in [0, 0.1) is 0 Å². The number of anilines is 1. The molecule has 1 aromatic rings. The molecule has 2 aliphatic rings. The van der Waals surface area contributed by atoms with E-state index in [1.807, 2.05) is 0 Å². The molecular formula is C15H14ClF3N2O3S2. The van der Waals surface area contributed by atoms with Crippen LogP contribution in [-0.4, -0.2) is 42.3 Å². The minimum absolute atomic E-state index is 0.0993. The molecule has 5 nitrogen and oxygen atoms in total. The number of amides is 1. The first-order valence-corrected chi connectivity index (χ1v) is 10.7. The van der Waals surface area contributed by atoms with Crippen molar-refractivity contribution in [1.29, 1.82) is 0 Å². The highest BCUT2D eigenvalue weighted by atomic mass is 35.5. The van der Waals surface area contributed by atoms with E-state index in [1.54, 1.807) is 6.92 Å². The number of carbonyl (C=O) groups excluding carboxylic acids is 1. The zero-order valence-corrected chi connectivity index (χ0v) is 15.8. The number of fused-ring (bicyclic) bond motifs is 1. The predicted octanol–water partition coefficient (Wildman–Crippen LogP) is 3.37. The molecule has 142 valence electrons. The van der Waals surface area contributed by atoms with Gasteiger partial charge in [-0.2, -0.15) is 18.2 Å². The van der Waals surface area contributed by atoms with Crippen molar-refractivity contribution < 1.29 is 26.4 Å². The molecule has 2 fully saturated rings. The third-order valence-electron chi connectivity index (χ3n) is 4.12. The molecule has 1 amide bonds. The Hall–Kier alpha value is -1.26. The molecule has 3 rings (SSSR count). The average Bonchev–Trinajstić information content (AvgIpc) is 2.97. The van der Waals surface area contributed by atoms with Gasteiger partial charge in [0.25, 0.3) is 0 Å². The maximum absolute atomic E-state index is 13.2. The molecule has 0 bridgehead atoms. The normalized spacial score (nSPS) is 26.3. The molecule has 0 N–H and O–H groups in total. The van der Waals surface area contributed by atoms with Crippen LogP contribution in [0.1, 0.15) is 18.9 Å². The SMILES string of the molecule is CCC(=O)N=C1S[C@@H]2CS(=O)(=O)C[C@H]2N1c1ccc(Cl)c(C(F)(F)F)c1. The minimum Gasteiger partial charge on any atom is -0.316 e. The number of carbonyl (C=O) groups is 1. The van der Waals surface area contributed by atoms with Crippen molar-refractivity contribution in [3.63, 3.8) is 0 Å². The van der Waals surface area contributed by atoms with Crippen molar-refractivity contribution in [3.05, 3.63) is 28.8 Å². The van der Waals surface area contributed by atoms with E-state index < -0.39 is 38.5 Å². The Kier molecular flexibility index (Phi) is 5.04.